The Morgan fingerprint density at radius 1 is 1.41 bits per heavy atom. The van der Waals surface area contributed by atoms with Gasteiger partial charge in [-0.1, -0.05) is 26.0 Å². The second-order valence-electron chi connectivity index (χ2n) is 4.55. The zero-order chi connectivity index (χ0) is 12.7. The fourth-order valence-corrected chi connectivity index (χ4v) is 2.45. The summed E-state index contributed by atoms with van der Waals surface area (Å²) >= 11 is 0. The van der Waals surface area contributed by atoms with Gasteiger partial charge in [0.15, 0.2) is 0 Å². The van der Waals surface area contributed by atoms with Crippen LogP contribution in [-0.2, 0) is 9.53 Å². The molecule has 0 aromatic heterocycles. The lowest BCUT2D eigenvalue weighted by atomic mass is 9.93. The summed E-state index contributed by atoms with van der Waals surface area (Å²) < 4.78 is 5.33. The van der Waals surface area contributed by atoms with Crippen molar-refractivity contribution in [3.63, 3.8) is 0 Å². The molecule has 1 amide bonds. The molecular formula is C14H25NO2. The molecule has 0 bridgehead atoms. The fourth-order valence-electron chi connectivity index (χ4n) is 2.45. The first-order valence-electron chi connectivity index (χ1n) is 6.75. The van der Waals surface area contributed by atoms with Crippen molar-refractivity contribution in [1.82, 2.24) is 5.32 Å². The lowest BCUT2D eigenvalue weighted by Crippen LogP contribution is -2.29. The third-order valence-electron chi connectivity index (χ3n) is 3.62. The highest BCUT2D eigenvalue weighted by Gasteiger charge is 2.57. The van der Waals surface area contributed by atoms with Gasteiger partial charge in [0.2, 0.25) is 5.91 Å². The molecule has 17 heavy (non-hydrogen) atoms. The SMILES string of the molecule is C/C=C/CNC(=O)C1CC12CCOCC2.CC. The zero-order valence-electron chi connectivity index (χ0n) is 11.3. The number of allylic oxidation sites excluding steroid dienone is 1. The maximum Gasteiger partial charge on any atom is 0.223 e. The van der Waals surface area contributed by atoms with Crippen LogP contribution in [0.15, 0.2) is 12.2 Å². The van der Waals surface area contributed by atoms with Crippen LogP contribution in [0, 0.1) is 11.3 Å². The first kappa shape index (κ1) is 14.2. The molecule has 1 N–H and O–H groups in total. The molecule has 98 valence electrons. The molecule has 1 aliphatic carbocycles. The minimum Gasteiger partial charge on any atom is -0.381 e. The van der Waals surface area contributed by atoms with Gasteiger partial charge in [0.25, 0.3) is 0 Å². The summed E-state index contributed by atoms with van der Waals surface area (Å²) in [6.07, 6.45) is 7.12. The molecule has 2 aliphatic rings. The van der Waals surface area contributed by atoms with E-state index in [1.807, 2.05) is 32.9 Å². The van der Waals surface area contributed by atoms with E-state index in [0.717, 1.165) is 32.5 Å². The highest BCUT2D eigenvalue weighted by atomic mass is 16.5. The van der Waals surface area contributed by atoms with Crippen molar-refractivity contribution < 1.29 is 9.53 Å². The average molecular weight is 239 g/mol. The molecular weight excluding hydrogens is 214 g/mol. The lowest BCUT2D eigenvalue weighted by Gasteiger charge is -2.22. The van der Waals surface area contributed by atoms with E-state index in [1.54, 1.807) is 0 Å². The van der Waals surface area contributed by atoms with E-state index < -0.39 is 0 Å². The van der Waals surface area contributed by atoms with Crippen molar-refractivity contribution in [2.45, 2.75) is 40.0 Å². The van der Waals surface area contributed by atoms with Crippen LogP contribution in [0.3, 0.4) is 0 Å². The van der Waals surface area contributed by atoms with Crippen LogP contribution in [0.2, 0.25) is 0 Å². The van der Waals surface area contributed by atoms with E-state index in [2.05, 4.69) is 5.32 Å². The lowest BCUT2D eigenvalue weighted by molar-refractivity contribution is -0.123. The largest absolute Gasteiger partial charge is 0.381 e. The molecule has 1 unspecified atom stereocenters. The fraction of sp³-hybridized carbons (Fsp3) is 0.786. The normalized spacial score (nSPS) is 25.2. The van der Waals surface area contributed by atoms with Crippen molar-refractivity contribution in [1.29, 1.82) is 0 Å². The van der Waals surface area contributed by atoms with E-state index in [1.165, 1.54) is 0 Å². The highest BCUT2D eigenvalue weighted by molar-refractivity contribution is 5.82. The maximum absolute atomic E-state index is 11.8. The first-order chi connectivity index (χ1) is 8.28. The van der Waals surface area contributed by atoms with Crippen LogP contribution in [-0.4, -0.2) is 25.7 Å². The Morgan fingerprint density at radius 2 is 2.06 bits per heavy atom. The number of rotatable bonds is 3. The third kappa shape index (κ3) is 3.56. The first-order valence-corrected chi connectivity index (χ1v) is 6.75. The molecule has 1 heterocycles. The van der Waals surface area contributed by atoms with Crippen LogP contribution in [0.5, 0.6) is 0 Å². The molecule has 0 radical (unpaired) electrons. The van der Waals surface area contributed by atoms with Gasteiger partial charge >= 0.3 is 0 Å². The molecule has 1 spiro atoms. The molecule has 0 aromatic carbocycles. The molecule has 3 heteroatoms. The minimum atomic E-state index is 0.231. The van der Waals surface area contributed by atoms with Crippen LogP contribution in [0.25, 0.3) is 0 Å². The van der Waals surface area contributed by atoms with Gasteiger partial charge in [0.1, 0.15) is 0 Å². The number of hydrogen-bond acceptors (Lipinski definition) is 2. The van der Waals surface area contributed by atoms with Gasteiger partial charge in [-0.05, 0) is 31.6 Å². The summed E-state index contributed by atoms with van der Waals surface area (Å²) in [4.78, 5) is 11.8. The predicted molar refractivity (Wildman–Crippen MR) is 69.8 cm³/mol. The Bertz CT molecular complexity index is 267. The van der Waals surface area contributed by atoms with Crippen molar-refractivity contribution in [2.24, 2.45) is 11.3 Å². The molecule has 2 fully saturated rings. The number of amides is 1. The number of hydrogen-bond donors (Lipinski definition) is 1. The van der Waals surface area contributed by atoms with Crippen LogP contribution in [0.1, 0.15) is 40.0 Å². The summed E-state index contributed by atoms with van der Waals surface area (Å²) in [5.41, 5.74) is 0.304. The van der Waals surface area contributed by atoms with Gasteiger partial charge in [0.05, 0.1) is 0 Å². The Balaban J connectivity index is 0.000000686. The summed E-state index contributed by atoms with van der Waals surface area (Å²) in [6.45, 7) is 8.29. The monoisotopic (exact) mass is 239 g/mol. The second-order valence-corrected chi connectivity index (χ2v) is 4.55. The van der Waals surface area contributed by atoms with Gasteiger partial charge in [-0.15, -0.1) is 0 Å². The molecule has 3 nitrogen and oxygen atoms in total. The van der Waals surface area contributed by atoms with E-state index in [-0.39, 0.29) is 11.8 Å². The van der Waals surface area contributed by atoms with Gasteiger partial charge in [-0.3, -0.25) is 4.79 Å². The van der Waals surface area contributed by atoms with Gasteiger partial charge in [0, 0.05) is 25.7 Å². The van der Waals surface area contributed by atoms with E-state index in [4.69, 9.17) is 4.74 Å². The van der Waals surface area contributed by atoms with Crippen molar-refractivity contribution >= 4 is 5.91 Å². The summed E-state index contributed by atoms with van der Waals surface area (Å²) in [6, 6.07) is 0. The molecule has 1 saturated carbocycles. The molecule has 2 rings (SSSR count). The smallest absolute Gasteiger partial charge is 0.223 e. The number of nitrogens with one attached hydrogen (secondary N) is 1. The van der Waals surface area contributed by atoms with E-state index in [9.17, 15) is 4.79 Å². The number of carbonyl (C=O) groups is 1. The van der Waals surface area contributed by atoms with Crippen molar-refractivity contribution in [2.75, 3.05) is 19.8 Å². The topological polar surface area (TPSA) is 38.3 Å². The van der Waals surface area contributed by atoms with Crippen LogP contribution < -0.4 is 5.32 Å². The Labute approximate surface area is 105 Å². The Morgan fingerprint density at radius 3 is 2.65 bits per heavy atom. The summed E-state index contributed by atoms with van der Waals surface area (Å²) in [7, 11) is 0. The average Bonchev–Trinajstić information content (AvgIpc) is 3.07. The molecule has 1 aliphatic heterocycles. The van der Waals surface area contributed by atoms with Crippen molar-refractivity contribution in [3.8, 4) is 0 Å². The standard InChI is InChI=1S/C12H19NO2.C2H6/c1-2-3-6-13-11(14)10-9-12(10)4-7-15-8-5-12;1-2/h2-3,10H,4-9H2,1H3,(H,13,14);1-2H3/b3-2+;. The number of ether oxygens (including phenoxy) is 1. The quantitative estimate of drug-likeness (QED) is 0.769. The molecule has 0 aromatic rings. The Kier molecular flexibility index (Phi) is 5.69. The van der Waals surface area contributed by atoms with Crippen molar-refractivity contribution in [3.05, 3.63) is 12.2 Å². The minimum absolute atomic E-state index is 0.231. The predicted octanol–water partition coefficient (Wildman–Crippen LogP) is 2.52. The maximum atomic E-state index is 11.8. The van der Waals surface area contributed by atoms with E-state index in [0.29, 0.717) is 12.0 Å². The zero-order valence-corrected chi connectivity index (χ0v) is 11.3. The highest BCUT2D eigenvalue weighted by Crippen LogP contribution is 2.59. The van der Waals surface area contributed by atoms with E-state index >= 15 is 0 Å². The molecule has 1 saturated heterocycles. The second kappa shape index (κ2) is 6.80. The Hall–Kier alpha value is -0.830. The summed E-state index contributed by atoms with van der Waals surface area (Å²) in [5, 5.41) is 2.95. The third-order valence-corrected chi connectivity index (χ3v) is 3.62. The molecule has 1 atom stereocenters. The van der Waals surface area contributed by atoms with Gasteiger partial charge in [-0.25, -0.2) is 0 Å². The van der Waals surface area contributed by atoms with Gasteiger partial charge < -0.3 is 10.1 Å². The summed E-state index contributed by atoms with van der Waals surface area (Å²) in [5.74, 6) is 0.488. The van der Waals surface area contributed by atoms with Crippen LogP contribution in [0.4, 0.5) is 0 Å². The van der Waals surface area contributed by atoms with Gasteiger partial charge in [-0.2, -0.15) is 0 Å². The number of carbonyl (C=O) groups excluding carboxylic acids is 1. The van der Waals surface area contributed by atoms with Crippen LogP contribution >= 0.6 is 0 Å².